The van der Waals surface area contributed by atoms with E-state index in [0.29, 0.717) is 4.84 Å². The number of H-pyrrole nitrogens is 1. The van der Waals surface area contributed by atoms with E-state index in [9.17, 15) is 0 Å². The third-order valence-electron chi connectivity index (χ3n) is 1.16. The van der Waals surface area contributed by atoms with Gasteiger partial charge in [-0.3, -0.25) is 0 Å². The maximum absolute atomic E-state index is 5.03. The van der Waals surface area contributed by atoms with Gasteiger partial charge in [0.25, 0.3) is 0 Å². The van der Waals surface area contributed by atoms with E-state index >= 15 is 0 Å². The van der Waals surface area contributed by atoms with Crippen molar-refractivity contribution in [2.45, 2.75) is 20.4 Å². The van der Waals surface area contributed by atoms with E-state index in [-0.39, 0.29) is 0 Å². The van der Waals surface area contributed by atoms with Crippen molar-refractivity contribution in [2.75, 3.05) is 0 Å². The average molecular weight is 145 g/mol. The zero-order valence-corrected chi connectivity index (χ0v) is 6.29. The first kappa shape index (κ1) is 6.48. The average Bonchev–Trinajstić information content (AvgIpc) is 2.10. The van der Waals surface area contributed by atoms with Gasteiger partial charge >= 0.3 is 10.7 Å². The molecular formula is C5H9N2OS+. The number of nitrogens with one attached hydrogen (secondary N) is 1. The Labute approximate surface area is 58.3 Å². The minimum Gasteiger partial charge on any atom is -0.375 e. The molecule has 0 fully saturated rings. The highest BCUT2D eigenvalue weighted by Gasteiger charge is 2.06. The highest BCUT2D eigenvalue weighted by Crippen LogP contribution is 1.87. The second-order valence-electron chi connectivity index (χ2n) is 1.76. The van der Waals surface area contributed by atoms with Crippen molar-refractivity contribution in [3.63, 3.8) is 0 Å². The summed E-state index contributed by atoms with van der Waals surface area (Å²) < 4.78 is 6.88. The normalized spacial score (nSPS) is 10.0. The Morgan fingerprint density at radius 2 is 2.44 bits per heavy atom. The molecule has 1 rings (SSSR count). The predicted molar refractivity (Wildman–Crippen MR) is 34.5 cm³/mol. The van der Waals surface area contributed by atoms with Gasteiger partial charge in [0, 0.05) is 0 Å². The maximum Gasteiger partial charge on any atom is 0.369 e. The molecule has 1 aromatic heterocycles. The van der Waals surface area contributed by atoms with Gasteiger partial charge < -0.3 is 4.42 Å². The van der Waals surface area contributed by atoms with Crippen LogP contribution in [-0.4, -0.2) is 5.10 Å². The van der Waals surface area contributed by atoms with Crippen LogP contribution in [0.2, 0.25) is 0 Å². The van der Waals surface area contributed by atoms with Gasteiger partial charge in [-0.1, -0.05) is 4.68 Å². The molecule has 0 atom stereocenters. The molecule has 0 radical (unpaired) electrons. The van der Waals surface area contributed by atoms with Crippen LogP contribution in [0.25, 0.3) is 0 Å². The van der Waals surface area contributed by atoms with Crippen LogP contribution in [0.1, 0.15) is 12.8 Å². The van der Waals surface area contributed by atoms with Gasteiger partial charge in [-0.25, -0.2) is 0 Å². The number of aromatic amines is 1. The molecule has 0 aromatic carbocycles. The topological polar surface area (TPSA) is 32.8 Å². The third kappa shape index (κ3) is 1.18. The third-order valence-corrected chi connectivity index (χ3v) is 1.34. The number of hydrogen-bond acceptors (Lipinski definition) is 2. The van der Waals surface area contributed by atoms with Crippen LogP contribution >= 0.6 is 12.2 Å². The van der Waals surface area contributed by atoms with E-state index in [1.807, 2.05) is 18.5 Å². The summed E-state index contributed by atoms with van der Waals surface area (Å²) in [7, 11) is 0. The summed E-state index contributed by atoms with van der Waals surface area (Å²) in [5.41, 5.74) is 0. The van der Waals surface area contributed by atoms with Crippen LogP contribution in [0.3, 0.4) is 0 Å². The Morgan fingerprint density at radius 1 is 1.78 bits per heavy atom. The van der Waals surface area contributed by atoms with Crippen molar-refractivity contribution in [3.8, 4) is 0 Å². The molecule has 4 heteroatoms. The van der Waals surface area contributed by atoms with E-state index in [1.54, 1.807) is 0 Å². The van der Waals surface area contributed by atoms with Crippen molar-refractivity contribution in [3.05, 3.63) is 10.7 Å². The van der Waals surface area contributed by atoms with Gasteiger partial charge in [0.05, 0.1) is 6.92 Å². The van der Waals surface area contributed by atoms with Crippen molar-refractivity contribution >= 4 is 12.2 Å². The molecule has 1 N–H and O–H groups in total. The summed E-state index contributed by atoms with van der Waals surface area (Å²) in [5.74, 6) is 0.822. The Kier molecular flexibility index (Phi) is 1.66. The van der Waals surface area contributed by atoms with E-state index < -0.39 is 0 Å². The minimum atomic E-state index is 0.439. The van der Waals surface area contributed by atoms with Gasteiger partial charge in [0.2, 0.25) is 0 Å². The minimum absolute atomic E-state index is 0.439. The first-order valence-corrected chi connectivity index (χ1v) is 3.24. The lowest BCUT2D eigenvalue weighted by Gasteiger charge is -1.78. The molecule has 0 amide bonds. The van der Waals surface area contributed by atoms with Gasteiger partial charge in [0.1, 0.15) is 0 Å². The number of rotatable bonds is 1. The number of hydrogen-bond donors (Lipinski definition) is 1. The highest BCUT2D eigenvalue weighted by molar-refractivity contribution is 7.71. The van der Waals surface area contributed by atoms with Gasteiger partial charge in [-0.05, 0) is 19.1 Å². The SMILES string of the molecule is CC[n+]1[nH]c(=S)oc1C. The first-order valence-electron chi connectivity index (χ1n) is 2.83. The molecule has 0 saturated carbocycles. The lowest BCUT2D eigenvalue weighted by atomic mass is 10.7. The van der Waals surface area contributed by atoms with E-state index in [2.05, 4.69) is 5.10 Å². The van der Waals surface area contributed by atoms with Crippen molar-refractivity contribution < 1.29 is 9.10 Å². The molecule has 0 aliphatic carbocycles. The Balaban J connectivity index is 3.16. The summed E-state index contributed by atoms with van der Waals surface area (Å²) >= 11 is 4.74. The summed E-state index contributed by atoms with van der Waals surface area (Å²) in [6.45, 7) is 4.76. The standard InChI is InChI=1S/C5H8N2OS/c1-3-7-4(2)8-5(9)6-7/h3H2,1-2H3/p+1. The second kappa shape index (κ2) is 2.31. The van der Waals surface area contributed by atoms with E-state index in [4.69, 9.17) is 16.6 Å². The summed E-state index contributed by atoms with van der Waals surface area (Å²) in [6.07, 6.45) is 0. The molecule has 0 bridgehead atoms. The molecule has 0 aliphatic rings. The molecule has 50 valence electrons. The summed E-state index contributed by atoms with van der Waals surface area (Å²) in [5, 5.41) is 2.86. The van der Waals surface area contributed by atoms with Crippen LogP contribution in [0.5, 0.6) is 0 Å². The van der Waals surface area contributed by atoms with Crippen LogP contribution in [0.15, 0.2) is 4.42 Å². The molecule has 1 aromatic rings. The zero-order valence-electron chi connectivity index (χ0n) is 5.47. The summed E-state index contributed by atoms with van der Waals surface area (Å²) in [6, 6.07) is 0. The molecule has 1 heterocycles. The molecule has 0 aliphatic heterocycles. The smallest absolute Gasteiger partial charge is 0.369 e. The zero-order chi connectivity index (χ0) is 6.85. The Hall–Kier alpha value is -0.640. The van der Waals surface area contributed by atoms with E-state index in [0.717, 1.165) is 12.4 Å². The predicted octanol–water partition coefficient (Wildman–Crippen LogP) is 0.953. The molecule has 0 spiro atoms. The van der Waals surface area contributed by atoms with Crippen molar-refractivity contribution in [2.24, 2.45) is 0 Å². The number of aryl methyl sites for hydroxylation is 2. The first-order chi connectivity index (χ1) is 4.24. The lowest BCUT2D eigenvalue weighted by Crippen LogP contribution is -2.36. The van der Waals surface area contributed by atoms with E-state index in [1.165, 1.54) is 0 Å². The fourth-order valence-corrected chi connectivity index (χ4v) is 0.934. The van der Waals surface area contributed by atoms with Gasteiger partial charge in [-0.2, -0.15) is 0 Å². The van der Waals surface area contributed by atoms with Crippen molar-refractivity contribution in [1.29, 1.82) is 0 Å². The van der Waals surface area contributed by atoms with Gasteiger partial charge in [0.15, 0.2) is 6.54 Å². The summed E-state index contributed by atoms with van der Waals surface area (Å²) in [4.78, 5) is 0.439. The largest absolute Gasteiger partial charge is 0.375 e. The van der Waals surface area contributed by atoms with Crippen LogP contribution in [0, 0.1) is 11.8 Å². The fourth-order valence-electron chi connectivity index (χ4n) is 0.703. The monoisotopic (exact) mass is 145 g/mol. The lowest BCUT2D eigenvalue weighted by molar-refractivity contribution is -0.757. The molecule has 0 unspecified atom stereocenters. The highest BCUT2D eigenvalue weighted by atomic mass is 32.1. The fraction of sp³-hybridized carbons (Fsp3) is 0.600. The van der Waals surface area contributed by atoms with Gasteiger partial charge in [-0.15, -0.1) is 5.10 Å². The van der Waals surface area contributed by atoms with Crippen molar-refractivity contribution in [1.82, 2.24) is 5.10 Å². The Bertz CT molecular complexity index is 250. The second-order valence-corrected chi connectivity index (χ2v) is 2.14. The molecular weight excluding hydrogens is 136 g/mol. The number of nitrogens with zero attached hydrogens (tertiary/aromatic N) is 1. The quantitative estimate of drug-likeness (QED) is 0.471. The van der Waals surface area contributed by atoms with Crippen LogP contribution in [0.4, 0.5) is 0 Å². The van der Waals surface area contributed by atoms with Crippen LogP contribution in [-0.2, 0) is 6.54 Å². The number of aromatic nitrogens is 2. The Morgan fingerprint density at radius 3 is 2.67 bits per heavy atom. The maximum atomic E-state index is 5.03. The molecule has 9 heavy (non-hydrogen) atoms. The molecule has 0 saturated heterocycles. The molecule has 3 nitrogen and oxygen atoms in total. The van der Waals surface area contributed by atoms with Crippen LogP contribution < -0.4 is 4.68 Å².